The molecule has 0 heterocycles. The minimum Gasteiger partial charge on any atom is -0.756 e. The number of amides is 1. The summed E-state index contributed by atoms with van der Waals surface area (Å²) in [6.45, 7) is 2.14. The topological polar surface area (TPSA) is 152 Å². The third-order valence-corrected chi connectivity index (χ3v) is 11.7. The van der Waals surface area contributed by atoms with E-state index in [2.05, 4.69) is 17.6 Å². The Morgan fingerprint density at radius 1 is 0.705 bits per heavy atom. The van der Waals surface area contributed by atoms with E-state index in [1.165, 1.54) is 70.6 Å². The fourth-order valence-corrected chi connectivity index (χ4v) is 7.70. The van der Waals surface area contributed by atoms with Crippen LogP contribution in [-0.4, -0.2) is 82.5 Å². The predicted molar refractivity (Wildman–Crippen MR) is 244 cm³/mol. The number of hydrogen-bond donors (Lipinski definition) is 2. The van der Waals surface area contributed by atoms with Crippen molar-refractivity contribution in [3.05, 3.63) is 58.1 Å². The number of anilines is 2. The van der Waals surface area contributed by atoms with Gasteiger partial charge in [-0.3, -0.25) is 18.9 Å². The zero-order valence-electron chi connectivity index (χ0n) is 37.3. The minimum atomic E-state index is -4.70. The van der Waals surface area contributed by atoms with Crippen molar-refractivity contribution < 1.29 is 46.8 Å². The molecule has 0 aromatic heterocycles. The molecule has 0 fully saturated rings. The second kappa shape index (κ2) is 32.0. The van der Waals surface area contributed by atoms with Crippen LogP contribution in [0.1, 0.15) is 141 Å². The number of para-hydroxylation sites is 2. The van der Waals surface area contributed by atoms with Gasteiger partial charge in [0.1, 0.15) is 19.8 Å². The van der Waals surface area contributed by atoms with E-state index in [-0.39, 0.29) is 38.4 Å². The van der Waals surface area contributed by atoms with Gasteiger partial charge in [0.05, 0.1) is 49.9 Å². The summed E-state index contributed by atoms with van der Waals surface area (Å²) in [5.74, 6) is -1.18. The van der Waals surface area contributed by atoms with Gasteiger partial charge in [-0.1, -0.05) is 151 Å². The lowest BCUT2D eigenvalue weighted by molar-refractivity contribution is -0.870. The maximum Gasteiger partial charge on any atom is 0.306 e. The van der Waals surface area contributed by atoms with Gasteiger partial charge in [-0.05, 0) is 43.0 Å². The van der Waals surface area contributed by atoms with Crippen LogP contribution in [0.25, 0.3) is 0 Å². The minimum absolute atomic E-state index is 0.0518. The summed E-state index contributed by atoms with van der Waals surface area (Å²) in [7, 11) is 1.01. The number of benzene rings is 2. The molecule has 2 aromatic carbocycles. The maximum absolute atomic E-state index is 12.8. The molecule has 2 rings (SSSR count). The van der Waals surface area contributed by atoms with E-state index in [1.807, 2.05) is 45.4 Å². The van der Waals surface area contributed by atoms with Crippen molar-refractivity contribution in [2.75, 3.05) is 59.4 Å². The molecule has 0 spiro atoms. The van der Waals surface area contributed by atoms with E-state index < -0.39 is 32.5 Å². The van der Waals surface area contributed by atoms with Gasteiger partial charge in [0, 0.05) is 25.1 Å². The molecule has 2 N–H and O–H groups in total. The number of ether oxygens (including phenoxy) is 2. The van der Waals surface area contributed by atoms with Crippen LogP contribution >= 0.6 is 31.0 Å². The number of esters is 2. The molecule has 1 amide bonds. The van der Waals surface area contributed by atoms with Gasteiger partial charge < -0.3 is 38.5 Å². The van der Waals surface area contributed by atoms with Gasteiger partial charge in [-0.2, -0.15) is 0 Å². The first kappa shape index (κ1) is 54.4. The zero-order chi connectivity index (χ0) is 44.8. The van der Waals surface area contributed by atoms with Gasteiger partial charge in [0.15, 0.2) is 6.10 Å². The third-order valence-electron chi connectivity index (χ3n) is 10.1. The van der Waals surface area contributed by atoms with Crippen molar-refractivity contribution in [1.29, 1.82) is 0 Å². The molecular weight excluding hydrogens is 840 g/mol. The third kappa shape index (κ3) is 27.9. The van der Waals surface area contributed by atoms with Gasteiger partial charge in [-0.15, -0.1) is 0 Å². The Morgan fingerprint density at radius 3 is 1.84 bits per heavy atom. The van der Waals surface area contributed by atoms with Crippen LogP contribution in [0.5, 0.6) is 0 Å². The monoisotopic (exact) mass is 913 g/mol. The van der Waals surface area contributed by atoms with Gasteiger partial charge in [-0.25, -0.2) is 0 Å². The first-order valence-electron chi connectivity index (χ1n) is 22.5. The molecule has 0 saturated heterocycles. The highest BCUT2D eigenvalue weighted by Crippen LogP contribution is 2.38. The summed E-state index contributed by atoms with van der Waals surface area (Å²) >= 11 is 12.6. The Morgan fingerprint density at radius 2 is 1.25 bits per heavy atom. The van der Waals surface area contributed by atoms with E-state index in [0.717, 1.165) is 30.5 Å². The first-order chi connectivity index (χ1) is 29.2. The van der Waals surface area contributed by atoms with Crippen LogP contribution in [-0.2, 0) is 43.9 Å². The summed E-state index contributed by atoms with van der Waals surface area (Å²) in [6, 6.07) is 12.6. The summed E-state index contributed by atoms with van der Waals surface area (Å²) < 4.78 is 33.9. The number of unbranched alkanes of at least 4 members (excludes halogenated alkanes) is 16. The van der Waals surface area contributed by atoms with Crippen molar-refractivity contribution in [3.8, 4) is 0 Å². The second-order valence-electron chi connectivity index (χ2n) is 16.8. The molecule has 12 nitrogen and oxygen atoms in total. The highest BCUT2D eigenvalue weighted by atomic mass is 35.5. The molecule has 0 aliphatic carbocycles. The van der Waals surface area contributed by atoms with Crippen molar-refractivity contribution in [2.24, 2.45) is 0 Å². The lowest BCUT2D eigenvalue weighted by Crippen LogP contribution is -2.37. The second-order valence-corrected chi connectivity index (χ2v) is 19.0. The molecule has 0 aliphatic heterocycles. The lowest BCUT2D eigenvalue weighted by Gasteiger charge is -2.28. The average Bonchev–Trinajstić information content (AvgIpc) is 3.20. The van der Waals surface area contributed by atoms with E-state index >= 15 is 0 Å². The summed E-state index contributed by atoms with van der Waals surface area (Å²) in [5.41, 5.74) is 2.06. The number of nitrogens with zero attached hydrogens (tertiary/aromatic N) is 1. The average molecular weight is 915 g/mol. The number of halogens is 2. The highest BCUT2D eigenvalue weighted by molar-refractivity contribution is 7.45. The maximum atomic E-state index is 12.8. The van der Waals surface area contributed by atoms with Crippen LogP contribution in [0.2, 0.25) is 10.0 Å². The number of carbonyl (C=O) groups excluding carboxylic acids is 3. The standard InChI is InChI=1S/C46H74Cl2N3O9P/c1-5-6-7-8-9-10-11-12-13-14-15-16-17-18-20-30-44(53)57-36-39(37-59-61(55,56)58-34-33-51(2,3)4)60-45(54)31-21-19-24-32-49-43(52)35-38-26-22-23-29-42(38)50-46-40(47)27-25-28-41(46)48/h22-23,25-29,39,50H,5-21,24,30-37H2,1-4H3,(H-,49,52,55,56). The number of carbonyl (C=O) groups is 3. The first-order valence-corrected chi connectivity index (χ1v) is 24.7. The van der Waals surface area contributed by atoms with E-state index in [4.69, 9.17) is 41.7 Å². The fourth-order valence-electron chi connectivity index (χ4n) is 6.48. The smallest absolute Gasteiger partial charge is 0.306 e. The number of phosphoric ester groups is 1. The molecule has 0 aliphatic rings. The quantitative estimate of drug-likeness (QED) is 0.0292. The molecule has 0 saturated carbocycles. The van der Waals surface area contributed by atoms with Crippen molar-refractivity contribution >= 4 is 60.2 Å². The van der Waals surface area contributed by atoms with Crippen LogP contribution in [0.4, 0.5) is 11.4 Å². The number of phosphoric acid groups is 1. The number of likely N-dealkylation sites (N-methyl/N-ethyl adjacent to an activating group) is 1. The number of quaternary nitrogens is 1. The van der Waals surface area contributed by atoms with Gasteiger partial charge in [0.25, 0.3) is 7.82 Å². The Labute approximate surface area is 376 Å². The molecule has 346 valence electrons. The molecular formula is C46H74Cl2N3O9P. The summed E-state index contributed by atoms with van der Waals surface area (Å²) in [4.78, 5) is 50.6. The van der Waals surface area contributed by atoms with E-state index in [0.29, 0.717) is 59.0 Å². The molecule has 2 unspecified atom stereocenters. The zero-order valence-corrected chi connectivity index (χ0v) is 39.7. The Balaban J connectivity index is 1.70. The molecule has 2 aromatic rings. The van der Waals surface area contributed by atoms with Crippen LogP contribution in [0, 0.1) is 0 Å². The van der Waals surface area contributed by atoms with Crippen molar-refractivity contribution in [1.82, 2.24) is 5.32 Å². The molecule has 2 atom stereocenters. The molecule has 0 radical (unpaired) electrons. The molecule has 61 heavy (non-hydrogen) atoms. The van der Waals surface area contributed by atoms with Gasteiger partial charge >= 0.3 is 11.9 Å². The lowest BCUT2D eigenvalue weighted by atomic mass is 10.0. The number of hydrogen-bond acceptors (Lipinski definition) is 10. The predicted octanol–water partition coefficient (Wildman–Crippen LogP) is 10.9. The van der Waals surface area contributed by atoms with Crippen LogP contribution in [0.3, 0.4) is 0 Å². The Hall–Kier alpha value is -2.70. The highest BCUT2D eigenvalue weighted by Gasteiger charge is 2.22. The summed E-state index contributed by atoms with van der Waals surface area (Å²) in [6.07, 6.45) is 19.4. The van der Waals surface area contributed by atoms with E-state index in [9.17, 15) is 23.8 Å². The number of rotatable bonds is 36. The summed E-state index contributed by atoms with van der Waals surface area (Å²) in [5, 5.41) is 7.09. The Kier molecular flexibility index (Phi) is 28.6. The normalized spacial score (nSPS) is 13.0. The van der Waals surface area contributed by atoms with E-state index in [1.54, 1.807) is 18.2 Å². The SMILES string of the molecule is CCCCCCCCCCCCCCCCCC(=O)OCC(COP(=O)([O-])OCC[N+](C)(C)C)OC(=O)CCCCCNC(=O)Cc1ccccc1Nc1c(Cl)cccc1Cl. The largest absolute Gasteiger partial charge is 0.756 e. The van der Waals surface area contributed by atoms with Crippen molar-refractivity contribution in [3.63, 3.8) is 0 Å². The van der Waals surface area contributed by atoms with Crippen LogP contribution in [0.15, 0.2) is 42.5 Å². The molecule has 0 bridgehead atoms. The van der Waals surface area contributed by atoms with Crippen molar-refractivity contribution in [2.45, 2.75) is 148 Å². The number of nitrogens with one attached hydrogen (secondary N) is 2. The molecule has 15 heteroatoms. The van der Waals surface area contributed by atoms with Gasteiger partial charge in [0.2, 0.25) is 5.91 Å². The Bertz CT molecular complexity index is 1570. The van der Waals surface area contributed by atoms with Crippen LogP contribution < -0.4 is 15.5 Å². The fraction of sp³-hybridized carbons (Fsp3) is 0.674.